The first-order chi connectivity index (χ1) is 8.97. The lowest BCUT2D eigenvalue weighted by Gasteiger charge is -2.25. The zero-order chi connectivity index (χ0) is 14.3. The van der Waals surface area contributed by atoms with Crippen LogP contribution in [-0.4, -0.2) is 75.3 Å². The molecule has 1 atom stereocenters. The summed E-state index contributed by atoms with van der Waals surface area (Å²) in [6.07, 6.45) is 0. The molecular weight excluding hydrogens is 290 g/mol. The van der Waals surface area contributed by atoms with Crippen molar-refractivity contribution in [2.75, 3.05) is 50.6 Å². The lowest BCUT2D eigenvalue weighted by Crippen LogP contribution is -2.46. The highest BCUT2D eigenvalue weighted by Crippen LogP contribution is 2.12. The molecule has 9 heteroatoms. The summed E-state index contributed by atoms with van der Waals surface area (Å²) in [5, 5.41) is 2.51. The van der Waals surface area contributed by atoms with E-state index in [2.05, 4.69) is 5.32 Å². The molecule has 19 heavy (non-hydrogen) atoms. The molecule has 1 unspecified atom stereocenters. The topological polar surface area (TPSA) is 102 Å². The average molecular weight is 311 g/mol. The number of ether oxygens (including phenoxy) is 1. The molecule has 0 aromatic rings. The van der Waals surface area contributed by atoms with Crippen LogP contribution in [0.1, 0.15) is 0 Å². The van der Waals surface area contributed by atoms with Gasteiger partial charge in [-0.05, 0) is 0 Å². The van der Waals surface area contributed by atoms with Crippen LogP contribution in [0, 0.1) is 0 Å². The first kappa shape index (κ1) is 16.7. The Hall–Kier alpha value is -0.350. The van der Waals surface area contributed by atoms with Gasteiger partial charge in [0.15, 0.2) is 0 Å². The first-order valence-electron chi connectivity index (χ1n) is 6.05. The molecule has 1 saturated heterocycles. The van der Waals surface area contributed by atoms with Crippen molar-refractivity contribution in [1.82, 2.24) is 9.62 Å². The lowest BCUT2D eigenvalue weighted by molar-refractivity contribution is -0.123. The van der Waals surface area contributed by atoms with Crippen LogP contribution >= 0.6 is 11.8 Å². The zero-order valence-electron chi connectivity index (χ0n) is 11.0. The van der Waals surface area contributed by atoms with E-state index in [1.807, 2.05) is 0 Å². The molecule has 3 N–H and O–H groups in total. The largest absolute Gasteiger partial charge is 0.383 e. The van der Waals surface area contributed by atoms with Gasteiger partial charge >= 0.3 is 0 Å². The van der Waals surface area contributed by atoms with E-state index < -0.39 is 22.0 Å². The predicted octanol–water partition coefficient (Wildman–Crippen LogP) is -1.55. The van der Waals surface area contributed by atoms with Crippen LogP contribution in [0.4, 0.5) is 0 Å². The number of nitrogens with zero attached hydrogens (tertiary/aromatic N) is 1. The minimum atomic E-state index is -3.28. The third kappa shape index (κ3) is 5.65. The summed E-state index contributed by atoms with van der Waals surface area (Å²) in [5.74, 6) is 1.16. The number of carbonyl (C=O) groups excluding carboxylic acids is 1. The lowest BCUT2D eigenvalue weighted by atomic mass is 10.3. The summed E-state index contributed by atoms with van der Waals surface area (Å²) in [7, 11) is -1.83. The number of sulfonamides is 1. The highest BCUT2D eigenvalue weighted by atomic mass is 32.2. The molecular formula is C10H21N3O4S2. The maximum Gasteiger partial charge on any atom is 0.239 e. The third-order valence-electron chi connectivity index (χ3n) is 2.71. The van der Waals surface area contributed by atoms with Crippen LogP contribution in [0.2, 0.25) is 0 Å². The van der Waals surface area contributed by atoms with Gasteiger partial charge in [0.1, 0.15) is 6.04 Å². The van der Waals surface area contributed by atoms with Crippen molar-refractivity contribution in [3.05, 3.63) is 0 Å². The van der Waals surface area contributed by atoms with Crippen LogP contribution in [0.15, 0.2) is 0 Å². The second kappa shape index (κ2) is 8.05. The number of hydrogen-bond acceptors (Lipinski definition) is 6. The Labute approximate surface area is 118 Å². The van der Waals surface area contributed by atoms with Crippen molar-refractivity contribution in [2.24, 2.45) is 5.73 Å². The van der Waals surface area contributed by atoms with Gasteiger partial charge in [0.25, 0.3) is 0 Å². The Kier molecular flexibility index (Phi) is 7.08. The zero-order valence-corrected chi connectivity index (χ0v) is 12.6. The van der Waals surface area contributed by atoms with Crippen molar-refractivity contribution < 1.29 is 17.9 Å². The molecule has 1 heterocycles. The van der Waals surface area contributed by atoms with Crippen molar-refractivity contribution in [3.8, 4) is 0 Å². The Morgan fingerprint density at radius 3 is 2.68 bits per heavy atom. The Bertz CT molecular complexity index is 382. The second-order valence-electron chi connectivity index (χ2n) is 4.18. The summed E-state index contributed by atoms with van der Waals surface area (Å²) in [6.45, 7) is 1.28. The maximum absolute atomic E-state index is 12.0. The van der Waals surface area contributed by atoms with E-state index in [9.17, 15) is 13.2 Å². The number of thioether (sulfide) groups is 1. The number of nitrogens with two attached hydrogens (primary N) is 1. The van der Waals surface area contributed by atoms with Crippen molar-refractivity contribution in [3.63, 3.8) is 0 Å². The average Bonchev–Trinajstić information content (AvgIpc) is 2.39. The molecule has 7 nitrogen and oxygen atoms in total. The van der Waals surface area contributed by atoms with E-state index in [4.69, 9.17) is 10.5 Å². The molecule has 0 spiro atoms. The van der Waals surface area contributed by atoms with Crippen molar-refractivity contribution in [2.45, 2.75) is 6.04 Å². The fourth-order valence-electron chi connectivity index (χ4n) is 1.64. The van der Waals surface area contributed by atoms with Crippen LogP contribution in [0.3, 0.4) is 0 Å². The number of methoxy groups -OCH3 is 1. The number of carbonyl (C=O) groups is 1. The van der Waals surface area contributed by atoms with Gasteiger partial charge in [-0.1, -0.05) is 0 Å². The van der Waals surface area contributed by atoms with Crippen LogP contribution in [0.5, 0.6) is 0 Å². The molecule has 112 valence electrons. The predicted molar refractivity (Wildman–Crippen MR) is 75.5 cm³/mol. The third-order valence-corrected chi connectivity index (χ3v) is 5.52. The molecule has 0 bridgehead atoms. The van der Waals surface area contributed by atoms with Gasteiger partial charge in [-0.2, -0.15) is 11.8 Å². The van der Waals surface area contributed by atoms with Gasteiger partial charge in [0.05, 0.1) is 12.4 Å². The Morgan fingerprint density at radius 1 is 1.47 bits per heavy atom. The molecule has 1 fully saturated rings. The molecule has 1 amide bonds. The molecule has 1 aliphatic rings. The fraction of sp³-hybridized carbons (Fsp3) is 0.900. The van der Waals surface area contributed by atoms with Gasteiger partial charge in [-0.25, -0.2) is 12.7 Å². The monoisotopic (exact) mass is 311 g/mol. The van der Waals surface area contributed by atoms with Crippen LogP contribution < -0.4 is 11.1 Å². The number of amides is 1. The fourth-order valence-corrected chi connectivity index (χ4v) is 4.13. The van der Waals surface area contributed by atoms with Crippen LogP contribution in [-0.2, 0) is 19.6 Å². The van der Waals surface area contributed by atoms with Gasteiger partial charge in [-0.15, -0.1) is 0 Å². The van der Waals surface area contributed by atoms with E-state index >= 15 is 0 Å². The summed E-state index contributed by atoms with van der Waals surface area (Å²) in [6, 6.07) is -0.765. The second-order valence-corrected chi connectivity index (χ2v) is 7.49. The minimum Gasteiger partial charge on any atom is -0.383 e. The van der Waals surface area contributed by atoms with E-state index in [-0.39, 0.29) is 18.9 Å². The summed E-state index contributed by atoms with van der Waals surface area (Å²) in [5.41, 5.74) is 5.52. The normalized spacial score (nSPS) is 19.1. The highest BCUT2D eigenvalue weighted by molar-refractivity contribution is 7.99. The Morgan fingerprint density at radius 2 is 2.11 bits per heavy atom. The van der Waals surface area contributed by atoms with Crippen LogP contribution in [0.25, 0.3) is 0 Å². The van der Waals surface area contributed by atoms with E-state index in [1.54, 1.807) is 11.8 Å². The minimum absolute atomic E-state index is 0.0717. The van der Waals surface area contributed by atoms with Gasteiger partial charge in [-0.3, -0.25) is 4.79 Å². The van der Waals surface area contributed by atoms with E-state index in [0.717, 1.165) is 11.5 Å². The summed E-state index contributed by atoms with van der Waals surface area (Å²) < 4.78 is 30.2. The smallest absolute Gasteiger partial charge is 0.239 e. The molecule has 0 aromatic heterocycles. The standard InChI is InChI=1S/C10H21N3O4S2/c1-17-8-9(11)10(14)12-2-7-19(15,16)13-3-5-18-6-4-13/h9H,2-8,11H2,1H3,(H,12,14). The number of nitrogens with one attached hydrogen (secondary N) is 1. The number of rotatable bonds is 7. The molecule has 0 radical (unpaired) electrons. The summed E-state index contributed by atoms with van der Waals surface area (Å²) in [4.78, 5) is 11.5. The number of hydrogen-bond donors (Lipinski definition) is 2. The maximum atomic E-state index is 12.0. The highest BCUT2D eigenvalue weighted by Gasteiger charge is 2.24. The molecule has 1 rings (SSSR count). The van der Waals surface area contributed by atoms with Gasteiger partial charge < -0.3 is 15.8 Å². The molecule has 0 aliphatic carbocycles. The van der Waals surface area contributed by atoms with Gasteiger partial charge in [0.2, 0.25) is 15.9 Å². The Balaban J connectivity index is 2.33. The van der Waals surface area contributed by atoms with Gasteiger partial charge in [0, 0.05) is 38.2 Å². The van der Waals surface area contributed by atoms with Crippen molar-refractivity contribution >= 4 is 27.7 Å². The first-order valence-corrected chi connectivity index (χ1v) is 8.81. The molecule has 0 saturated carbocycles. The molecule has 1 aliphatic heterocycles. The van der Waals surface area contributed by atoms with Crippen molar-refractivity contribution in [1.29, 1.82) is 0 Å². The SMILES string of the molecule is COCC(N)C(=O)NCCS(=O)(=O)N1CCSCC1. The summed E-state index contributed by atoms with van der Waals surface area (Å²) >= 11 is 1.75. The van der Waals surface area contributed by atoms with E-state index in [1.165, 1.54) is 11.4 Å². The molecule has 0 aromatic carbocycles. The quantitative estimate of drug-likeness (QED) is 0.590. The van der Waals surface area contributed by atoms with E-state index in [0.29, 0.717) is 13.1 Å².